The van der Waals surface area contributed by atoms with Crippen LogP contribution in [0.3, 0.4) is 0 Å². The molecule has 7 nitrogen and oxygen atoms in total. The third kappa shape index (κ3) is 9.31. The lowest BCUT2D eigenvalue weighted by atomic mass is 10.3. The summed E-state index contributed by atoms with van der Waals surface area (Å²) in [6, 6.07) is 11.4. The monoisotopic (exact) mass is 514 g/mol. The zero-order valence-corrected chi connectivity index (χ0v) is 19.6. The molecule has 160 valence electrons. The molecule has 1 heterocycles. The number of aliphatic imine (C=N–C) groups is 1. The topological polar surface area (TPSA) is 77.0 Å². The zero-order valence-electron chi connectivity index (χ0n) is 17.3. The van der Waals surface area contributed by atoms with Gasteiger partial charge in [-0.1, -0.05) is 18.2 Å². The van der Waals surface area contributed by atoms with Crippen LogP contribution < -0.4 is 20.1 Å². The number of nitrogens with zero attached hydrogens (tertiary/aromatic N) is 2. The lowest BCUT2D eigenvalue weighted by Gasteiger charge is -2.11. The van der Waals surface area contributed by atoms with Gasteiger partial charge in [-0.2, -0.15) is 0 Å². The van der Waals surface area contributed by atoms with Gasteiger partial charge in [-0.25, -0.2) is 9.98 Å². The number of benzene rings is 1. The van der Waals surface area contributed by atoms with Crippen molar-refractivity contribution in [3.8, 4) is 17.4 Å². The molecule has 0 aliphatic rings. The molecule has 2 rings (SSSR count). The highest BCUT2D eigenvalue weighted by Crippen LogP contribution is 2.30. The number of rotatable bonds is 11. The molecule has 1 aromatic carbocycles. The van der Waals surface area contributed by atoms with Crippen molar-refractivity contribution in [2.24, 2.45) is 4.99 Å². The maximum Gasteiger partial charge on any atom is 0.219 e. The van der Waals surface area contributed by atoms with Crippen molar-refractivity contribution in [2.75, 3.05) is 33.4 Å². The van der Waals surface area contributed by atoms with Gasteiger partial charge in [0.1, 0.15) is 0 Å². The van der Waals surface area contributed by atoms with Crippen LogP contribution in [-0.2, 0) is 11.3 Å². The molecule has 0 aliphatic carbocycles. The number of halogens is 1. The predicted octanol–water partition coefficient (Wildman–Crippen LogP) is 3.98. The largest absolute Gasteiger partial charge is 0.490 e. The van der Waals surface area contributed by atoms with Crippen LogP contribution in [-0.4, -0.2) is 44.4 Å². The fourth-order valence-electron chi connectivity index (χ4n) is 2.42. The summed E-state index contributed by atoms with van der Waals surface area (Å²) in [5.41, 5.74) is 1.000. The smallest absolute Gasteiger partial charge is 0.219 e. The average molecular weight is 514 g/mol. The molecular formula is C21H31IN4O3. The normalized spacial score (nSPS) is 10.8. The van der Waals surface area contributed by atoms with E-state index in [1.54, 1.807) is 13.3 Å². The van der Waals surface area contributed by atoms with E-state index in [1.165, 1.54) is 0 Å². The molecule has 2 N–H and O–H groups in total. The standard InChI is InChI=1S/C21H30N4O3.HI/c1-4-22-21(23-13-8-14-26-3)25-16-17-11-12-20(24-15-17)28-19-10-7-6-9-18(19)27-5-2;/h6-7,9-12,15H,4-5,8,13-14,16H2,1-3H3,(H2,22,23,25);1H. The van der Waals surface area contributed by atoms with Crippen molar-refractivity contribution < 1.29 is 14.2 Å². The van der Waals surface area contributed by atoms with Gasteiger partial charge >= 0.3 is 0 Å². The number of ether oxygens (including phenoxy) is 3. The Morgan fingerprint density at radius 3 is 2.52 bits per heavy atom. The number of pyridine rings is 1. The molecule has 0 unspecified atom stereocenters. The minimum absolute atomic E-state index is 0. The van der Waals surface area contributed by atoms with E-state index in [9.17, 15) is 0 Å². The Morgan fingerprint density at radius 2 is 1.86 bits per heavy atom. The maximum atomic E-state index is 5.85. The quantitative estimate of drug-likeness (QED) is 0.205. The Labute approximate surface area is 190 Å². The minimum atomic E-state index is 0. The number of methoxy groups -OCH3 is 1. The lowest BCUT2D eigenvalue weighted by molar-refractivity contribution is 0.195. The van der Waals surface area contributed by atoms with Gasteiger partial charge in [0.05, 0.1) is 13.2 Å². The Hall–Kier alpha value is -2.07. The molecule has 0 saturated heterocycles. The average Bonchev–Trinajstić information content (AvgIpc) is 2.72. The van der Waals surface area contributed by atoms with Gasteiger partial charge in [0, 0.05) is 39.1 Å². The Bertz CT molecular complexity index is 726. The van der Waals surface area contributed by atoms with Crippen molar-refractivity contribution in [3.63, 3.8) is 0 Å². The molecule has 0 aliphatic heterocycles. The van der Waals surface area contributed by atoms with Crippen molar-refractivity contribution in [1.82, 2.24) is 15.6 Å². The number of hydrogen-bond acceptors (Lipinski definition) is 5. The van der Waals surface area contributed by atoms with Crippen molar-refractivity contribution in [2.45, 2.75) is 26.8 Å². The number of para-hydroxylation sites is 2. The highest BCUT2D eigenvalue weighted by atomic mass is 127. The second kappa shape index (κ2) is 14.9. The number of aromatic nitrogens is 1. The molecular weight excluding hydrogens is 483 g/mol. The van der Waals surface area contributed by atoms with Crippen LogP contribution in [0.2, 0.25) is 0 Å². The summed E-state index contributed by atoms with van der Waals surface area (Å²) >= 11 is 0. The van der Waals surface area contributed by atoms with Gasteiger partial charge < -0.3 is 24.8 Å². The third-order valence-electron chi connectivity index (χ3n) is 3.74. The van der Waals surface area contributed by atoms with E-state index in [2.05, 4.69) is 20.6 Å². The molecule has 0 saturated carbocycles. The van der Waals surface area contributed by atoms with Crippen LogP contribution in [0.1, 0.15) is 25.8 Å². The van der Waals surface area contributed by atoms with Crippen LogP contribution >= 0.6 is 24.0 Å². The number of guanidine groups is 1. The first-order chi connectivity index (χ1) is 13.8. The van der Waals surface area contributed by atoms with Gasteiger partial charge in [0.15, 0.2) is 17.5 Å². The first kappa shape index (κ1) is 25.0. The summed E-state index contributed by atoms with van der Waals surface area (Å²) in [5.74, 6) is 2.65. The maximum absolute atomic E-state index is 5.85. The van der Waals surface area contributed by atoms with Crippen molar-refractivity contribution in [3.05, 3.63) is 48.2 Å². The van der Waals surface area contributed by atoms with E-state index in [4.69, 9.17) is 14.2 Å². The SMILES string of the molecule is CCNC(=NCc1ccc(Oc2ccccc2OCC)nc1)NCCCOC.I. The summed E-state index contributed by atoms with van der Waals surface area (Å²) in [5, 5.41) is 6.52. The van der Waals surface area contributed by atoms with Crippen LogP contribution in [0.5, 0.6) is 17.4 Å². The second-order valence-corrected chi connectivity index (χ2v) is 5.95. The van der Waals surface area contributed by atoms with E-state index in [0.29, 0.717) is 30.5 Å². The van der Waals surface area contributed by atoms with Crippen LogP contribution in [0.4, 0.5) is 0 Å². The first-order valence-corrected chi connectivity index (χ1v) is 9.62. The Kier molecular flexibility index (Phi) is 12.8. The number of nitrogens with one attached hydrogen (secondary N) is 2. The Morgan fingerprint density at radius 1 is 1.07 bits per heavy atom. The first-order valence-electron chi connectivity index (χ1n) is 9.62. The van der Waals surface area contributed by atoms with E-state index in [1.807, 2.05) is 50.2 Å². The summed E-state index contributed by atoms with van der Waals surface area (Å²) in [6.07, 6.45) is 2.70. The van der Waals surface area contributed by atoms with Gasteiger partial charge in [0.2, 0.25) is 5.88 Å². The summed E-state index contributed by atoms with van der Waals surface area (Å²) in [7, 11) is 1.70. The highest BCUT2D eigenvalue weighted by Gasteiger charge is 2.06. The van der Waals surface area contributed by atoms with Gasteiger partial charge in [-0.05, 0) is 38.0 Å². The van der Waals surface area contributed by atoms with Crippen LogP contribution in [0.15, 0.2) is 47.6 Å². The van der Waals surface area contributed by atoms with Crippen LogP contribution in [0, 0.1) is 0 Å². The fourth-order valence-corrected chi connectivity index (χ4v) is 2.42. The molecule has 8 heteroatoms. The molecule has 0 atom stereocenters. The third-order valence-corrected chi connectivity index (χ3v) is 3.74. The molecule has 0 amide bonds. The van der Waals surface area contributed by atoms with Gasteiger partial charge in [0.25, 0.3) is 0 Å². The molecule has 0 fully saturated rings. The molecule has 0 radical (unpaired) electrons. The second-order valence-electron chi connectivity index (χ2n) is 5.95. The molecule has 2 aromatic rings. The summed E-state index contributed by atoms with van der Waals surface area (Å²) < 4.78 is 16.5. The lowest BCUT2D eigenvalue weighted by Crippen LogP contribution is -2.38. The Balaban J connectivity index is 0.00000420. The summed E-state index contributed by atoms with van der Waals surface area (Å²) in [4.78, 5) is 8.97. The molecule has 29 heavy (non-hydrogen) atoms. The van der Waals surface area contributed by atoms with Gasteiger partial charge in [-0.3, -0.25) is 0 Å². The summed E-state index contributed by atoms with van der Waals surface area (Å²) in [6.45, 7) is 7.44. The highest BCUT2D eigenvalue weighted by molar-refractivity contribution is 14.0. The van der Waals surface area contributed by atoms with E-state index in [0.717, 1.165) is 37.6 Å². The van der Waals surface area contributed by atoms with E-state index < -0.39 is 0 Å². The predicted molar refractivity (Wildman–Crippen MR) is 127 cm³/mol. The van der Waals surface area contributed by atoms with E-state index in [-0.39, 0.29) is 24.0 Å². The van der Waals surface area contributed by atoms with Gasteiger partial charge in [-0.15, -0.1) is 24.0 Å². The molecule has 0 bridgehead atoms. The zero-order chi connectivity index (χ0) is 20.0. The van der Waals surface area contributed by atoms with E-state index >= 15 is 0 Å². The van der Waals surface area contributed by atoms with Crippen molar-refractivity contribution >= 4 is 29.9 Å². The van der Waals surface area contributed by atoms with Crippen LogP contribution in [0.25, 0.3) is 0 Å². The molecule has 1 aromatic heterocycles. The molecule has 0 spiro atoms. The van der Waals surface area contributed by atoms with Crippen molar-refractivity contribution in [1.29, 1.82) is 0 Å². The minimum Gasteiger partial charge on any atom is -0.490 e. The number of hydrogen-bond donors (Lipinski definition) is 2. The fraction of sp³-hybridized carbons (Fsp3) is 0.429.